The second kappa shape index (κ2) is 9.49. The third kappa shape index (κ3) is 4.20. The van der Waals surface area contributed by atoms with Gasteiger partial charge in [-0.05, 0) is 14.9 Å². The molecule has 33 heavy (non-hydrogen) atoms. The molecule has 0 saturated carbocycles. The minimum Gasteiger partial charge on any atom is -0.495 e. The Morgan fingerprint density at radius 2 is 0.939 bits per heavy atom. The summed E-state index contributed by atoms with van der Waals surface area (Å²) in [6.07, 6.45) is 0. The first kappa shape index (κ1) is 24.7. The van der Waals surface area contributed by atoms with Crippen LogP contribution in [-0.2, 0) is 0 Å². The molecule has 0 heterocycles. The van der Waals surface area contributed by atoms with Crippen molar-refractivity contribution in [2.75, 3.05) is 21.3 Å². The summed E-state index contributed by atoms with van der Waals surface area (Å²) in [7, 11) is 2.74. The molecular formula is C21H13AlF8O3. The molecule has 0 fully saturated rings. The lowest BCUT2D eigenvalue weighted by atomic mass is 10.3. The van der Waals surface area contributed by atoms with Crippen molar-refractivity contribution >= 4 is 27.4 Å². The topological polar surface area (TPSA) is 27.7 Å². The van der Waals surface area contributed by atoms with Crippen LogP contribution >= 0.6 is 0 Å². The fourth-order valence-corrected chi connectivity index (χ4v) is 6.91. The minimum absolute atomic E-state index is 0.129. The van der Waals surface area contributed by atoms with Gasteiger partial charge in [-0.25, -0.2) is 35.1 Å². The molecule has 0 amide bonds. The molecule has 0 aliphatic carbocycles. The SMILES string of the molecule is COc1c[c]([Al]([c]2c(F)c(F)cc(F)c2OC)[c]2c(F)c(F)cc(F)c2OC)c(F)cc1F. The van der Waals surface area contributed by atoms with Crippen LogP contribution in [-0.4, -0.2) is 35.5 Å². The number of hydrogen-bond donors (Lipinski definition) is 0. The van der Waals surface area contributed by atoms with Gasteiger partial charge in [0.2, 0.25) is 0 Å². The van der Waals surface area contributed by atoms with E-state index in [4.69, 9.17) is 14.2 Å². The first-order chi connectivity index (χ1) is 15.6. The molecule has 0 N–H and O–H groups in total. The summed E-state index contributed by atoms with van der Waals surface area (Å²) < 4.78 is 128. The lowest BCUT2D eigenvalue weighted by Crippen LogP contribution is -2.57. The van der Waals surface area contributed by atoms with E-state index in [1.165, 1.54) is 0 Å². The lowest BCUT2D eigenvalue weighted by Gasteiger charge is -2.22. The maximum atomic E-state index is 15.0. The van der Waals surface area contributed by atoms with Crippen LogP contribution < -0.4 is 27.5 Å². The highest BCUT2D eigenvalue weighted by Gasteiger charge is 2.42. The predicted molar refractivity (Wildman–Crippen MR) is 103 cm³/mol. The minimum atomic E-state index is -4.30. The van der Waals surface area contributed by atoms with E-state index in [-0.39, 0.29) is 12.1 Å². The number of methoxy groups -OCH3 is 3. The number of rotatable bonds is 6. The summed E-state index contributed by atoms with van der Waals surface area (Å²) in [4.78, 5) is 0. The van der Waals surface area contributed by atoms with Crippen LogP contribution in [0.25, 0.3) is 0 Å². The molecular weight excluding hydrogens is 479 g/mol. The van der Waals surface area contributed by atoms with Gasteiger partial charge in [0.25, 0.3) is 0 Å². The van der Waals surface area contributed by atoms with Crippen LogP contribution in [0.4, 0.5) is 35.1 Å². The van der Waals surface area contributed by atoms with Gasteiger partial charge >= 0.3 is 14.1 Å². The van der Waals surface area contributed by atoms with E-state index < -0.39 is 91.2 Å². The van der Waals surface area contributed by atoms with Crippen LogP contribution in [0.3, 0.4) is 0 Å². The van der Waals surface area contributed by atoms with Gasteiger partial charge in [-0.3, -0.25) is 0 Å². The number of halogens is 8. The highest BCUT2D eigenvalue weighted by molar-refractivity contribution is 6.96. The van der Waals surface area contributed by atoms with Crippen LogP contribution in [0.2, 0.25) is 0 Å². The molecule has 0 saturated heterocycles. The second-order valence-electron chi connectivity index (χ2n) is 6.64. The summed E-state index contributed by atoms with van der Waals surface area (Å²) in [5, 5.41) is 0. The molecule has 3 aromatic carbocycles. The van der Waals surface area contributed by atoms with Crippen molar-refractivity contribution in [3.05, 3.63) is 70.8 Å². The van der Waals surface area contributed by atoms with E-state index in [0.717, 1.165) is 21.3 Å². The lowest BCUT2D eigenvalue weighted by molar-refractivity contribution is 0.379. The average Bonchev–Trinajstić information content (AvgIpc) is 2.76. The fraction of sp³-hybridized carbons (Fsp3) is 0.143. The van der Waals surface area contributed by atoms with Gasteiger partial charge in [-0.1, -0.05) is 4.43 Å². The maximum absolute atomic E-state index is 15.0. The highest BCUT2D eigenvalue weighted by atomic mass is 27.2. The summed E-state index contributed by atoms with van der Waals surface area (Å²) >= 11 is -4.30. The zero-order valence-electron chi connectivity index (χ0n) is 17.1. The van der Waals surface area contributed by atoms with Crippen molar-refractivity contribution in [3.63, 3.8) is 0 Å². The second-order valence-corrected chi connectivity index (χ2v) is 9.29. The van der Waals surface area contributed by atoms with Crippen molar-refractivity contribution in [3.8, 4) is 17.2 Å². The Bertz CT molecular complexity index is 1170. The molecule has 174 valence electrons. The van der Waals surface area contributed by atoms with Crippen LogP contribution in [0.15, 0.2) is 24.3 Å². The maximum Gasteiger partial charge on any atom is 0.410 e. The Balaban J connectivity index is 2.59. The number of benzene rings is 3. The number of ether oxygens (including phenoxy) is 3. The Morgan fingerprint density at radius 1 is 0.515 bits per heavy atom. The Morgan fingerprint density at radius 3 is 1.33 bits per heavy atom. The Labute approximate surface area is 186 Å². The van der Waals surface area contributed by atoms with Crippen molar-refractivity contribution in [2.45, 2.75) is 0 Å². The molecule has 0 aliphatic rings. The first-order valence-corrected chi connectivity index (χ1v) is 10.8. The quantitative estimate of drug-likeness (QED) is 0.300. The van der Waals surface area contributed by atoms with Crippen molar-refractivity contribution in [2.24, 2.45) is 0 Å². The highest BCUT2D eigenvalue weighted by Crippen LogP contribution is 2.26. The van der Waals surface area contributed by atoms with Crippen LogP contribution in [0, 0.1) is 46.5 Å². The third-order valence-corrected chi connectivity index (χ3v) is 8.14. The fourth-order valence-electron chi connectivity index (χ4n) is 3.50. The van der Waals surface area contributed by atoms with Crippen LogP contribution in [0.1, 0.15) is 0 Å². The third-order valence-electron chi connectivity index (χ3n) is 4.89. The smallest absolute Gasteiger partial charge is 0.410 e. The van der Waals surface area contributed by atoms with Gasteiger partial charge in [0.05, 0.1) is 21.3 Å². The van der Waals surface area contributed by atoms with Gasteiger partial charge in [0.15, 0.2) is 46.5 Å². The molecule has 0 unspecified atom stereocenters. The molecule has 3 nitrogen and oxygen atoms in total. The standard InChI is InChI=1S/2C7H4F3O.C7H5F2O.Al/c2*1-11-7-3-5(9)4(8)2-6(7)10;1-10-7-3-2-5(8)4-6(7)9;/h2*2H,1H3;3-4H,1H3;. The van der Waals surface area contributed by atoms with Gasteiger partial charge < -0.3 is 14.2 Å². The predicted octanol–water partition coefficient (Wildman–Crippen LogP) is 3.34. The van der Waals surface area contributed by atoms with Crippen LogP contribution in [0.5, 0.6) is 17.2 Å². The van der Waals surface area contributed by atoms with E-state index >= 15 is 8.78 Å². The average molecular weight is 492 g/mol. The Hall–Kier alpha value is -2.97. The van der Waals surface area contributed by atoms with Gasteiger partial charge in [0, 0.05) is 18.2 Å². The molecule has 12 heteroatoms. The molecule has 0 radical (unpaired) electrons. The van der Waals surface area contributed by atoms with E-state index in [1.807, 2.05) is 0 Å². The molecule has 0 bridgehead atoms. The van der Waals surface area contributed by atoms with E-state index in [1.54, 1.807) is 0 Å². The van der Waals surface area contributed by atoms with Crippen molar-refractivity contribution in [1.82, 2.24) is 0 Å². The zero-order valence-corrected chi connectivity index (χ0v) is 18.3. The van der Waals surface area contributed by atoms with Gasteiger partial charge in [0.1, 0.15) is 17.3 Å². The summed E-state index contributed by atoms with van der Waals surface area (Å²) in [6.45, 7) is 0. The van der Waals surface area contributed by atoms with Crippen molar-refractivity contribution < 1.29 is 49.3 Å². The summed E-state index contributed by atoms with van der Waals surface area (Å²) in [5.74, 6) is -15.1. The summed E-state index contributed by atoms with van der Waals surface area (Å²) in [6, 6.07) is 1.24. The Kier molecular flexibility index (Phi) is 7.09. The van der Waals surface area contributed by atoms with E-state index in [0.29, 0.717) is 12.1 Å². The zero-order chi connectivity index (χ0) is 24.6. The molecule has 0 aromatic heterocycles. The van der Waals surface area contributed by atoms with Gasteiger partial charge in [-0.15, -0.1) is 0 Å². The molecule has 3 aromatic rings. The largest absolute Gasteiger partial charge is 0.495 e. The van der Waals surface area contributed by atoms with Crippen molar-refractivity contribution in [1.29, 1.82) is 0 Å². The normalized spacial score (nSPS) is 10.9. The van der Waals surface area contributed by atoms with E-state index in [2.05, 4.69) is 0 Å². The van der Waals surface area contributed by atoms with Gasteiger partial charge in [-0.2, -0.15) is 0 Å². The molecule has 0 aliphatic heterocycles. The summed E-state index contributed by atoms with van der Waals surface area (Å²) in [5.41, 5.74) is 0. The monoisotopic (exact) mass is 492 g/mol. The molecule has 0 spiro atoms. The number of hydrogen-bond acceptors (Lipinski definition) is 3. The first-order valence-electron chi connectivity index (χ1n) is 9.02. The molecule has 3 rings (SSSR count). The molecule has 0 atom stereocenters. The van der Waals surface area contributed by atoms with E-state index in [9.17, 15) is 26.3 Å².